The number of sulfonamides is 1. The van der Waals surface area contributed by atoms with E-state index in [4.69, 9.17) is 14.3 Å². The number of carbonyl (C=O) groups excluding carboxylic acids is 3. The summed E-state index contributed by atoms with van der Waals surface area (Å²) < 4.78 is 40.5. The maximum Gasteiger partial charge on any atom is 0.407 e. The van der Waals surface area contributed by atoms with Gasteiger partial charge in [0.2, 0.25) is 15.9 Å². The maximum atomic E-state index is 14.4. The normalized spacial score (nSPS) is 17.0. The van der Waals surface area contributed by atoms with Crippen LogP contribution in [0.4, 0.5) is 4.79 Å². The largest absolute Gasteiger partial charge is 0.497 e. The molecule has 12 nitrogen and oxygen atoms in total. The van der Waals surface area contributed by atoms with E-state index in [-0.39, 0.29) is 42.2 Å². The van der Waals surface area contributed by atoms with E-state index in [0.29, 0.717) is 51.1 Å². The van der Waals surface area contributed by atoms with Gasteiger partial charge < -0.3 is 19.7 Å². The number of hydrogen-bond donors (Lipinski definition) is 2. The lowest BCUT2D eigenvalue weighted by Gasteiger charge is -2.37. The number of carbonyl (C=O) groups is 3. The first kappa shape index (κ1) is 38.1. The summed E-state index contributed by atoms with van der Waals surface area (Å²) in [6, 6.07) is 14.4. The van der Waals surface area contributed by atoms with Crippen LogP contribution in [0.15, 0.2) is 59.5 Å². The van der Waals surface area contributed by atoms with Crippen LogP contribution in [-0.2, 0) is 35.8 Å². The van der Waals surface area contributed by atoms with Crippen LogP contribution in [0.5, 0.6) is 5.75 Å². The summed E-state index contributed by atoms with van der Waals surface area (Å²) in [6.07, 6.45) is 4.99. The van der Waals surface area contributed by atoms with Crippen molar-refractivity contribution in [2.24, 2.45) is 11.8 Å². The number of amides is 3. The Morgan fingerprint density at radius 1 is 0.939 bits per heavy atom. The monoisotopic (exact) mass is 700 g/mol. The quantitative estimate of drug-likeness (QED) is 0.261. The molecule has 2 aromatic carbocycles. The summed E-state index contributed by atoms with van der Waals surface area (Å²) in [5, 5.41) is 2.82. The lowest BCUT2D eigenvalue weighted by atomic mass is 9.83. The van der Waals surface area contributed by atoms with Gasteiger partial charge in [0.1, 0.15) is 17.4 Å². The molecule has 2 aliphatic rings. The molecule has 1 aliphatic carbocycles. The van der Waals surface area contributed by atoms with Gasteiger partial charge in [-0.25, -0.2) is 18.7 Å². The Morgan fingerprint density at radius 3 is 2.20 bits per heavy atom. The fourth-order valence-electron chi connectivity index (χ4n) is 6.44. The third kappa shape index (κ3) is 11.4. The van der Waals surface area contributed by atoms with Crippen molar-refractivity contribution in [1.82, 2.24) is 20.0 Å². The molecular formula is C36H52N4O8S. The van der Waals surface area contributed by atoms with Crippen LogP contribution in [-0.4, -0.2) is 80.5 Å². The number of nitrogens with one attached hydrogen (secondary N) is 2. The minimum atomic E-state index is -4.22. The molecule has 13 heteroatoms. The van der Waals surface area contributed by atoms with Crippen LogP contribution >= 0.6 is 0 Å². The van der Waals surface area contributed by atoms with Crippen molar-refractivity contribution in [2.75, 3.05) is 33.3 Å². The molecule has 2 fully saturated rings. The van der Waals surface area contributed by atoms with Crippen LogP contribution < -0.4 is 15.5 Å². The van der Waals surface area contributed by atoms with Crippen molar-refractivity contribution in [1.29, 1.82) is 0 Å². The summed E-state index contributed by atoms with van der Waals surface area (Å²) >= 11 is 0. The Kier molecular flexibility index (Phi) is 13.9. The number of ether oxygens (including phenoxy) is 2. The van der Waals surface area contributed by atoms with Crippen molar-refractivity contribution in [3.63, 3.8) is 0 Å². The van der Waals surface area contributed by atoms with E-state index in [0.717, 1.165) is 24.8 Å². The van der Waals surface area contributed by atoms with E-state index >= 15 is 0 Å². The van der Waals surface area contributed by atoms with Gasteiger partial charge in [-0.15, -0.1) is 0 Å². The molecule has 1 unspecified atom stereocenters. The molecule has 0 aromatic heterocycles. The third-order valence-corrected chi connectivity index (χ3v) is 10.9. The molecule has 270 valence electrons. The highest BCUT2D eigenvalue weighted by atomic mass is 32.2. The number of hydroxylamine groups is 1. The van der Waals surface area contributed by atoms with Gasteiger partial charge in [-0.05, 0) is 88.1 Å². The zero-order valence-corrected chi connectivity index (χ0v) is 30.0. The molecule has 4 rings (SSSR count). The van der Waals surface area contributed by atoms with E-state index in [1.165, 1.54) is 23.5 Å². The maximum absolute atomic E-state index is 14.4. The topological polar surface area (TPSA) is 144 Å². The van der Waals surface area contributed by atoms with Gasteiger partial charge in [0.05, 0.1) is 18.6 Å². The summed E-state index contributed by atoms with van der Waals surface area (Å²) in [5.74, 6) is -0.284. The number of likely N-dealkylation sites (tertiary alicyclic amines) is 1. The van der Waals surface area contributed by atoms with Gasteiger partial charge in [0.15, 0.2) is 0 Å². The molecule has 1 saturated carbocycles. The molecule has 3 amide bonds. The molecule has 1 aliphatic heterocycles. The predicted molar refractivity (Wildman–Crippen MR) is 185 cm³/mol. The zero-order valence-electron chi connectivity index (χ0n) is 29.2. The molecule has 0 radical (unpaired) electrons. The molecule has 1 atom stereocenters. The first-order valence-corrected chi connectivity index (χ1v) is 18.7. The Bertz CT molecular complexity index is 1470. The summed E-state index contributed by atoms with van der Waals surface area (Å²) in [7, 11) is -2.72. The number of benzene rings is 2. The average molecular weight is 701 g/mol. The van der Waals surface area contributed by atoms with Gasteiger partial charge in [-0.1, -0.05) is 49.6 Å². The fraction of sp³-hybridized carbons (Fsp3) is 0.583. The highest BCUT2D eigenvalue weighted by molar-refractivity contribution is 7.89. The van der Waals surface area contributed by atoms with Crippen molar-refractivity contribution in [2.45, 2.75) is 95.3 Å². The molecule has 2 N–H and O–H groups in total. The van der Waals surface area contributed by atoms with E-state index in [2.05, 4.69) is 10.8 Å². The lowest BCUT2D eigenvalue weighted by molar-refractivity contribution is -0.141. The van der Waals surface area contributed by atoms with Crippen LogP contribution in [0.1, 0.15) is 77.7 Å². The summed E-state index contributed by atoms with van der Waals surface area (Å²) in [6.45, 7) is 6.82. The predicted octanol–water partition coefficient (Wildman–Crippen LogP) is 5.04. The Hall–Kier alpha value is -3.68. The van der Waals surface area contributed by atoms with E-state index in [1.54, 1.807) is 17.0 Å². The van der Waals surface area contributed by atoms with Gasteiger partial charge in [0.25, 0.3) is 5.91 Å². The molecule has 49 heavy (non-hydrogen) atoms. The summed E-state index contributed by atoms with van der Waals surface area (Å²) in [5.41, 5.74) is 2.81. The van der Waals surface area contributed by atoms with Crippen LogP contribution in [0, 0.1) is 11.8 Å². The molecular weight excluding hydrogens is 648 g/mol. The van der Waals surface area contributed by atoms with Crippen LogP contribution in [0.3, 0.4) is 0 Å². The first-order valence-electron chi connectivity index (χ1n) is 17.2. The zero-order chi connectivity index (χ0) is 35.4. The molecule has 1 heterocycles. The lowest BCUT2D eigenvalue weighted by Crippen LogP contribution is -2.54. The average Bonchev–Trinajstić information content (AvgIpc) is 3.09. The standard InChI is InChI=1S/C36H52N4O8S/c1-36(2,3)48-35(43)37-25-27-19-22-39(23-20-27)32(41)21-24-40(49(44,45)31-17-15-30(46-4)16-18-31)33(29-13-9-6-10-14-29)34(42)38-47-26-28-11-7-5-8-12-28/h5,7-8,11-12,15-18,27,29,33H,6,9-10,13-14,19-26H2,1-4H3,(H,37,43)(H,38,42). The van der Waals surface area contributed by atoms with E-state index in [9.17, 15) is 22.8 Å². The van der Waals surface area contributed by atoms with Gasteiger partial charge >= 0.3 is 6.09 Å². The molecule has 0 bridgehead atoms. The Morgan fingerprint density at radius 2 is 1.59 bits per heavy atom. The van der Waals surface area contributed by atoms with Crippen LogP contribution in [0.25, 0.3) is 0 Å². The summed E-state index contributed by atoms with van der Waals surface area (Å²) in [4.78, 5) is 46.9. The molecule has 2 aromatic rings. The van der Waals surface area contributed by atoms with Crippen molar-refractivity contribution in [3.05, 3.63) is 60.2 Å². The molecule has 0 spiro atoms. The number of piperidine rings is 1. The number of nitrogens with zero attached hydrogens (tertiary/aromatic N) is 2. The first-order chi connectivity index (χ1) is 23.4. The van der Waals surface area contributed by atoms with Crippen LogP contribution in [0.2, 0.25) is 0 Å². The number of methoxy groups -OCH3 is 1. The van der Waals surface area contributed by atoms with Gasteiger partial charge in [0, 0.05) is 32.6 Å². The number of alkyl carbamates (subject to hydrolysis) is 1. The number of hydrogen-bond acceptors (Lipinski definition) is 8. The number of rotatable bonds is 14. The molecule has 1 saturated heterocycles. The second kappa shape index (κ2) is 17.8. The highest BCUT2D eigenvalue weighted by Crippen LogP contribution is 2.33. The van der Waals surface area contributed by atoms with Gasteiger partial charge in [-0.3, -0.25) is 14.4 Å². The van der Waals surface area contributed by atoms with E-state index < -0.39 is 33.7 Å². The van der Waals surface area contributed by atoms with Crippen molar-refractivity contribution < 1.29 is 37.1 Å². The Balaban J connectivity index is 1.48. The fourth-order valence-corrected chi connectivity index (χ4v) is 8.09. The van der Waals surface area contributed by atoms with E-state index in [1.807, 2.05) is 51.1 Å². The SMILES string of the molecule is COc1ccc(S(=O)(=O)N(CCC(=O)N2CCC(CNC(=O)OC(C)(C)C)CC2)C(C(=O)NOCc2ccccc2)C2CCCCC2)cc1. The minimum Gasteiger partial charge on any atom is -0.497 e. The smallest absolute Gasteiger partial charge is 0.407 e. The minimum absolute atomic E-state index is 0.0119. The highest BCUT2D eigenvalue weighted by Gasteiger charge is 2.42. The third-order valence-electron chi connectivity index (χ3n) is 9.04. The van der Waals surface area contributed by atoms with Gasteiger partial charge in [-0.2, -0.15) is 4.31 Å². The van der Waals surface area contributed by atoms with Crippen molar-refractivity contribution in [3.8, 4) is 5.75 Å². The van der Waals surface area contributed by atoms with Crippen molar-refractivity contribution >= 4 is 27.9 Å². The Labute approximate surface area is 290 Å². The second-order valence-corrected chi connectivity index (χ2v) is 15.7. The second-order valence-electron chi connectivity index (χ2n) is 13.8.